The Morgan fingerprint density at radius 1 is 1.24 bits per heavy atom. The summed E-state index contributed by atoms with van der Waals surface area (Å²) in [6, 6.07) is 8.63. The zero-order valence-electron chi connectivity index (χ0n) is 13.0. The van der Waals surface area contributed by atoms with Crippen LogP contribution >= 0.6 is 15.9 Å². The number of rotatable bonds is 5. The summed E-state index contributed by atoms with van der Waals surface area (Å²) in [7, 11) is -1.29. The van der Waals surface area contributed by atoms with Gasteiger partial charge in [-0.2, -0.15) is 0 Å². The summed E-state index contributed by atoms with van der Waals surface area (Å²) in [5.74, 6) is 1.16. The lowest BCUT2D eigenvalue weighted by Crippen LogP contribution is -2.35. The molecule has 0 heterocycles. The first-order valence-electron chi connectivity index (χ1n) is 7.82. The van der Waals surface area contributed by atoms with Gasteiger partial charge in [-0.1, -0.05) is 47.3 Å². The summed E-state index contributed by atoms with van der Waals surface area (Å²) >= 11 is 3.51. The first kappa shape index (κ1) is 17.2. The minimum absolute atomic E-state index is 0.338. The van der Waals surface area contributed by atoms with Crippen LogP contribution in [-0.2, 0) is 11.0 Å². The zero-order valence-corrected chi connectivity index (χ0v) is 15.4. The van der Waals surface area contributed by atoms with Gasteiger partial charge in [0.25, 0.3) is 0 Å². The number of benzene rings is 1. The van der Waals surface area contributed by atoms with Crippen molar-refractivity contribution in [3.8, 4) is 0 Å². The molecule has 0 spiro atoms. The summed E-state index contributed by atoms with van der Waals surface area (Å²) in [4.78, 5) is 0. The van der Waals surface area contributed by atoms with Gasteiger partial charge in [-0.15, -0.1) is 0 Å². The molecule has 118 valence electrons. The molecule has 0 aliphatic heterocycles. The Morgan fingerprint density at radius 2 is 1.81 bits per heavy atom. The van der Waals surface area contributed by atoms with Crippen molar-refractivity contribution in [1.82, 2.24) is 0 Å². The average molecular weight is 372 g/mol. The SMILES string of the molecule is CC(C)(CC(c1ccc(Br)cc1)C1CCCCC1)[S@@](N)=O. The van der Waals surface area contributed by atoms with Gasteiger partial charge in [0.05, 0.1) is 15.7 Å². The molecule has 1 aromatic rings. The van der Waals surface area contributed by atoms with E-state index in [1.54, 1.807) is 0 Å². The minimum Gasteiger partial charge on any atom is -0.251 e. The van der Waals surface area contributed by atoms with E-state index < -0.39 is 11.0 Å². The van der Waals surface area contributed by atoms with Crippen LogP contribution < -0.4 is 5.14 Å². The second-order valence-electron chi connectivity index (χ2n) is 6.82. The molecule has 0 aromatic heterocycles. The van der Waals surface area contributed by atoms with Crippen molar-refractivity contribution in [2.75, 3.05) is 0 Å². The fourth-order valence-electron chi connectivity index (χ4n) is 3.41. The lowest BCUT2D eigenvalue weighted by molar-refractivity contribution is 0.282. The quantitative estimate of drug-likeness (QED) is 0.785. The Hall–Kier alpha value is -0.190. The van der Waals surface area contributed by atoms with Crippen LogP contribution in [0.3, 0.4) is 0 Å². The van der Waals surface area contributed by atoms with Crippen LogP contribution in [0.4, 0.5) is 0 Å². The molecule has 1 fully saturated rings. The third-order valence-electron chi connectivity index (χ3n) is 4.77. The van der Waals surface area contributed by atoms with Gasteiger partial charge < -0.3 is 0 Å². The molecule has 0 amide bonds. The van der Waals surface area contributed by atoms with Crippen LogP contribution in [-0.4, -0.2) is 8.96 Å². The highest BCUT2D eigenvalue weighted by Crippen LogP contribution is 2.41. The van der Waals surface area contributed by atoms with Crippen LogP contribution in [0.25, 0.3) is 0 Å². The van der Waals surface area contributed by atoms with E-state index in [4.69, 9.17) is 5.14 Å². The summed E-state index contributed by atoms with van der Waals surface area (Å²) in [5, 5.41) is 5.71. The Morgan fingerprint density at radius 3 is 2.33 bits per heavy atom. The van der Waals surface area contributed by atoms with E-state index in [-0.39, 0.29) is 4.75 Å². The van der Waals surface area contributed by atoms with Gasteiger partial charge in [0.15, 0.2) is 0 Å². The monoisotopic (exact) mass is 371 g/mol. The molecule has 1 aliphatic carbocycles. The van der Waals surface area contributed by atoms with Gasteiger partial charge in [-0.05, 0) is 62.6 Å². The van der Waals surface area contributed by atoms with Crippen LogP contribution in [0.15, 0.2) is 28.7 Å². The predicted molar refractivity (Wildman–Crippen MR) is 94.5 cm³/mol. The van der Waals surface area contributed by atoms with Crippen molar-refractivity contribution in [2.24, 2.45) is 11.1 Å². The second kappa shape index (κ2) is 7.38. The normalized spacial score (nSPS) is 20.2. The van der Waals surface area contributed by atoms with Crippen molar-refractivity contribution in [3.05, 3.63) is 34.3 Å². The van der Waals surface area contributed by atoms with Gasteiger partial charge in [-0.3, -0.25) is 5.14 Å². The van der Waals surface area contributed by atoms with Gasteiger partial charge in [0.1, 0.15) is 0 Å². The van der Waals surface area contributed by atoms with Crippen molar-refractivity contribution >= 4 is 26.9 Å². The number of nitrogens with two attached hydrogens (primary N) is 1. The smallest absolute Gasteiger partial charge is 0.0945 e. The highest BCUT2D eigenvalue weighted by atomic mass is 79.9. The maximum Gasteiger partial charge on any atom is 0.0945 e. The lowest BCUT2D eigenvalue weighted by atomic mass is 9.73. The Labute approximate surface area is 139 Å². The summed E-state index contributed by atoms with van der Waals surface area (Å²) < 4.78 is 12.6. The molecule has 2 N–H and O–H groups in total. The van der Waals surface area contributed by atoms with Crippen LogP contribution in [0.2, 0.25) is 0 Å². The topological polar surface area (TPSA) is 43.1 Å². The minimum atomic E-state index is -1.29. The third kappa shape index (κ3) is 4.64. The first-order valence-corrected chi connectivity index (χ1v) is 9.82. The standard InChI is InChI=1S/C17H26BrNOS/c1-17(2,21(19)20)12-16(13-6-4-3-5-7-13)14-8-10-15(18)11-9-14/h8-11,13,16H,3-7,12,19H2,1-2H3/t16?,21-/m0/s1. The largest absolute Gasteiger partial charge is 0.251 e. The summed E-state index contributed by atoms with van der Waals surface area (Å²) in [6.07, 6.45) is 7.47. The molecule has 21 heavy (non-hydrogen) atoms. The van der Waals surface area contributed by atoms with Gasteiger partial charge in [0, 0.05) is 4.47 Å². The van der Waals surface area contributed by atoms with E-state index in [0.29, 0.717) is 11.8 Å². The molecule has 2 rings (SSSR count). The molecule has 1 aliphatic rings. The highest BCUT2D eigenvalue weighted by Gasteiger charge is 2.33. The number of hydrogen-bond acceptors (Lipinski definition) is 1. The van der Waals surface area contributed by atoms with E-state index in [9.17, 15) is 4.21 Å². The molecule has 0 bridgehead atoms. The molecule has 2 nitrogen and oxygen atoms in total. The van der Waals surface area contributed by atoms with Gasteiger partial charge in [-0.25, -0.2) is 4.21 Å². The summed E-state index contributed by atoms with van der Waals surface area (Å²) in [5.41, 5.74) is 1.36. The maximum absolute atomic E-state index is 11.9. The van der Waals surface area contributed by atoms with Crippen molar-refractivity contribution < 1.29 is 4.21 Å². The van der Waals surface area contributed by atoms with E-state index >= 15 is 0 Å². The van der Waals surface area contributed by atoms with Crippen LogP contribution in [0.1, 0.15) is 63.9 Å². The molecule has 0 saturated heterocycles. The fourth-order valence-corrected chi connectivity index (χ4v) is 4.02. The van der Waals surface area contributed by atoms with Gasteiger partial charge in [0.2, 0.25) is 0 Å². The van der Waals surface area contributed by atoms with E-state index in [1.165, 1.54) is 37.7 Å². The van der Waals surface area contributed by atoms with Crippen LogP contribution in [0, 0.1) is 5.92 Å². The Kier molecular flexibility index (Phi) is 6.04. The molecule has 4 heteroatoms. The molecule has 1 aromatic carbocycles. The molecule has 1 saturated carbocycles. The van der Waals surface area contributed by atoms with Crippen molar-refractivity contribution in [2.45, 2.75) is 63.0 Å². The maximum atomic E-state index is 11.9. The molecule has 2 atom stereocenters. The average Bonchev–Trinajstić information content (AvgIpc) is 2.47. The molecular weight excluding hydrogens is 346 g/mol. The molecular formula is C17H26BrNOS. The predicted octanol–water partition coefficient (Wildman–Crippen LogP) is 4.90. The highest BCUT2D eigenvalue weighted by molar-refractivity contribution is 9.10. The zero-order chi connectivity index (χ0) is 15.5. The lowest BCUT2D eigenvalue weighted by Gasteiger charge is -2.35. The van der Waals surface area contributed by atoms with Crippen molar-refractivity contribution in [1.29, 1.82) is 0 Å². The molecule has 0 radical (unpaired) electrons. The second-order valence-corrected chi connectivity index (χ2v) is 9.43. The van der Waals surface area contributed by atoms with E-state index in [2.05, 4.69) is 40.2 Å². The van der Waals surface area contributed by atoms with E-state index in [0.717, 1.165) is 10.9 Å². The number of halogens is 1. The Bertz CT molecular complexity index is 480. The molecule has 1 unspecified atom stereocenters. The third-order valence-corrected chi connectivity index (χ3v) is 6.56. The first-order chi connectivity index (χ1) is 9.90. The van der Waals surface area contributed by atoms with E-state index in [1.807, 2.05) is 13.8 Å². The summed E-state index contributed by atoms with van der Waals surface area (Å²) in [6.45, 7) is 4.05. The Balaban J connectivity index is 2.25. The number of hydrogen-bond donors (Lipinski definition) is 1. The fraction of sp³-hybridized carbons (Fsp3) is 0.647. The van der Waals surface area contributed by atoms with Crippen molar-refractivity contribution in [3.63, 3.8) is 0 Å². The van der Waals surface area contributed by atoms with Crippen LogP contribution in [0.5, 0.6) is 0 Å². The van der Waals surface area contributed by atoms with Gasteiger partial charge >= 0.3 is 0 Å².